The minimum absolute atomic E-state index is 0.997. The molecule has 0 bridgehead atoms. The molecular weight excluding hydrogens is 515 g/mol. The van der Waals surface area contributed by atoms with Gasteiger partial charge in [0, 0.05) is 63.0 Å². The van der Waals surface area contributed by atoms with Gasteiger partial charge in [-0.3, -0.25) is 3.97 Å². The molecule has 0 radical (unpaired) electrons. The average molecular weight is 537 g/mol. The van der Waals surface area contributed by atoms with Crippen LogP contribution in [0, 0.1) is 0 Å². The molecule has 0 aliphatic heterocycles. The number of aromatic nitrogens is 2. The van der Waals surface area contributed by atoms with Crippen molar-refractivity contribution in [3.8, 4) is 11.1 Å². The average Bonchev–Trinajstić information content (AvgIpc) is 3.03. The minimum atomic E-state index is 0.997. The zero-order valence-electron chi connectivity index (χ0n) is 14.5. The van der Waals surface area contributed by atoms with Gasteiger partial charge in [0.25, 0.3) is 0 Å². The maximum absolute atomic E-state index is 4.53. The van der Waals surface area contributed by atoms with Crippen LogP contribution in [0.15, 0.2) is 52.1 Å². The van der Waals surface area contributed by atoms with Crippen molar-refractivity contribution in [2.75, 3.05) is 6.26 Å². The fourth-order valence-corrected chi connectivity index (χ4v) is 4.17. The normalized spacial score (nSPS) is 9.79. The number of hydrogen-bond acceptors (Lipinski definition) is 3. The Morgan fingerprint density at radius 1 is 1.12 bits per heavy atom. The molecule has 2 nitrogen and oxygen atoms in total. The molecule has 0 spiro atoms. The van der Waals surface area contributed by atoms with Crippen molar-refractivity contribution in [2.24, 2.45) is 0 Å². The Morgan fingerprint density at radius 2 is 1.83 bits per heavy atom. The van der Waals surface area contributed by atoms with Crippen LogP contribution in [0.25, 0.3) is 22.2 Å². The molecule has 130 valence electrons. The summed E-state index contributed by atoms with van der Waals surface area (Å²) in [6.45, 7) is 8.00. The van der Waals surface area contributed by atoms with Crippen molar-refractivity contribution in [3.05, 3.63) is 47.2 Å². The Balaban J connectivity index is 0.000000671. The van der Waals surface area contributed by atoms with Crippen LogP contribution in [0.5, 0.6) is 0 Å². The number of hydrogen-bond donors (Lipinski definition) is 0. The molecule has 2 heterocycles. The minimum Gasteiger partial charge on any atom is -0.265 e. The van der Waals surface area contributed by atoms with Crippen LogP contribution in [-0.2, 0) is 0 Å². The SMILES string of the molecule is CC.CC.CSc1cccc(-c2cn(SI)c3ncc(Br)cc23)c1. The lowest BCUT2D eigenvalue weighted by Crippen LogP contribution is -1.82. The monoisotopic (exact) mass is 536 g/mol. The van der Waals surface area contributed by atoms with Crippen molar-refractivity contribution >= 4 is 69.0 Å². The van der Waals surface area contributed by atoms with E-state index in [4.69, 9.17) is 0 Å². The highest BCUT2D eigenvalue weighted by Crippen LogP contribution is 2.35. The summed E-state index contributed by atoms with van der Waals surface area (Å²) in [7, 11) is 1.63. The Labute approximate surface area is 174 Å². The first-order chi connectivity index (χ1) is 11.7. The molecule has 0 N–H and O–H groups in total. The van der Waals surface area contributed by atoms with Crippen LogP contribution in [0.3, 0.4) is 0 Å². The number of halogens is 2. The first-order valence-electron chi connectivity index (χ1n) is 7.83. The van der Waals surface area contributed by atoms with Crippen molar-refractivity contribution in [2.45, 2.75) is 32.6 Å². The molecule has 6 heteroatoms. The van der Waals surface area contributed by atoms with Gasteiger partial charge in [0.05, 0.1) is 0 Å². The summed E-state index contributed by atoms with van der Waals surface area (Å²) in [6, 6.07) is 10.7. The number of nitrogens with zero attached hydrogens (tertiary/aromatic N) is 2. The summed E-state index contributed by atoms with van der Waals surface area (Å²) in [6.07, 6.45) is 6.09. The van der Waals surface area contributed by atoms with Gasteiger partial charge in [-0.25, -0.2) is 4.98 Å². The molecule has 0 saturated heterocycles. The van der Waals surface area contributed by atoms with Gasteiger partial charge in [0.1, 0.15) is 0 Å². The lowest BCUT2D eigenvalue weighted by molar-refractivity contribution is 1.26. The van der Waals surface area contributed by atoms with Gasteiger partial charge in [0.2, 0.25) is 0 Å². The smallest absolute Gasteiger partial charge is 0.151 e. The summed E-state index contributed by atoms with van der Waals surface area (Å²) in [4.78, 5) is 5.80. The topological polar surface area (TPSA) is 17.8 Å². The fraction of sp³-hybridized carbons (Fsp3) is 0.278. The van der Waals surface area contributed by atoms with Crippen molar-refractivity contribution in [3.63, 3.8) is 0 Å². The number of pyridine rings is 1. The van der Waals surface area contributed by atoms with E-state index in [1.807, 2.05) is 33.9 Å². The Hall–Kier alpha value is -0.180. The zero-order chi connectivity index (χ0) is 18.1. The number of rotatable bonds is 3. The summed E-state index contributed by atoms with van der Waals surface area (Å²) >= 11 is 7.55. The molecule has 0 aliphatic rings. The van der Waals surface area contributed by atoms with E-state index < -0.39 is 0 Å². The van der Waals surface area contributed by atoms with Crippen LogP contribution in [0.4, 0.5) is 0 Å². The van der Waals surface area contributed by atoms with E-state index in [1.165, 1.54) is 21.4 Å². The van der Waals surface area contributed by atoms with E-state index in [9.17, 15) is 0 Å². The van der Waals surface area contributed by atoms with Crippen LogP contribution in [-0.4, -0.2) is 15.2 Å². The highest BCUT2D eigenvalue weighted by atomic mass is 127. The predicted octanol–water partition coefficient (Wildman–Crippen LogP) is 8.09. The number of benzene rings is 1. The molecule has 0 atom stereocenters. The van der Waals surface area contributed by atoms with Crippen LogP contribution >= 0.6 is 58.0 Å². The molecule has 1 aromatic carbocycles. The lowest BCUT2D eigenvalue weighted by Gasteiger charge is -2.02. The van der Waals surface area contributed by atoms with Crippen molar-refractivity contribution < 1.29 is 0 Å². The lowest BCUT2D eigenvalue weighted by atomic mass is 10.1. The zero-order valence-corrected chi connectivity index (χ0v) is 19.9. The maximum Gasteiger partial charge on any atom is 0.151 e. The molecule has 2 aromatic heterocycles. The van der Waals surface area contributed by atoms with Crippen molar-refractivity contribution in [1.29, 1.82) is 0 Å². The Bertz CT molecular complexity index is 775. The van der Waals surface area contributed by atoms with Crippen molar-refractivity contribution in [1.82, 2.24) is 8.96 Å². The molecule has 0 aliphatic carbocycles. The molecule has 0 amide bonds. The second-order valence-corrected chi connectivity index (χ2v) is 7.70. The van der Waals surface area contributed by atoms with E-state index in [2.05, 4.69) is 88.9 Å². The second kappa shape index (κ2) is 11.4. The van der Waals surface area contributed by atoms with Crippen LogP contribution < -0.4 is 0 Å². The van der Waals surface area contributed by atoms with E-state index in [0.717, 1.165) is 10.1 Å². The van der Waals surface area contributed by atoms with Gasteiger partial charge in [-0.1, -0.05) is 39.8 Å². The van der Waals surface area contributed by atoms with Gasteiger partial charge in [-0.05, 0) is 45.9 Å². The van der Waals surface area contributed by atoms with E-state index >= 15 is 0 Å². The van der Waals surface area contributed by atoms with E-state index in [1.54, 1.807) is 20.9 Å². The molecule has 0 fully saturated rings. The van der Waals surface area contributed by atoms with Gasteiger partial charge < -0.3 is 0 Å². The van der Waals surface area contributed by atoms with Crippen LogP contribution in [0.2, 0.25) is 0 Å². The molecule has 3 rings (SSSR count). The first kappa shape index (κ1) is 21.9. The highest BCUT2D eigenvalue weighted by molar-refractivity contribution is 14.2. The first-order valence-corrected chi connectivity index (χ1v) is 13.2. The summed E-state index contributed by atoms with van der Waals surface area (Å²) in [5.74, 6) is 0. The van der Waals surface area contributed by atoms with Crippen LogP contribution in [0.1, 0.15) is 27.7 Å². The largest absolute Gasteiger partial charge is 0.265 e. The summed E-state index contributed by atoms with van der Waals surface area (Å²) in [5, 5.41) is 1.17. The quantitative estimate of drug-likeness (QED) is 0.249. The molecule has 24 heavy (non-hydrogen) atoms. The van der Waals surface area contributed by atoms with Gasteiger partial charge in [0.15, 0.2) is 5.65 Å². The van der Waals surface area contributed by atoms with Gasteiger partial charge in [-0.15, -0.1) is 11.8 Å². The fourth-order valence-electron chi connectivity index (χ4n) is 2.13. The molecular formula is C18H22BrIN2S2. The third-order valence-electron chi connectivity index (χ3n) is 3.03. The molecule has 3 aromatic rings. The Kier molecular flexibility index (Phi) is 10.4. The predicted molar refractivity (Wildman–Crippen MR) is 124 cm³/mol. The molecule has 0 unspecified atom stereocenters. The number of thioether (sulfide) groups is 1. The maximum atomic E-state index is 4.53. The second-order valence-electron chi connectivity index (χ2n) is 4.19. The van der Waals surface area contributed by atoms with Gasteiger partial charge >= 0.3 is 0 Å². The standard InChI is InChI=1S/C14H10BrIN2S2.2C2H6/c1-19-11-4-2-3-9(5-11)13-8-18(20-16)14-12(13)6-10(15)7-17-14;2*1-2/h2-8H,1H3;2*1-2H3. The number of fused-ring (bicyclic) bond motifs is 1. The van der Waals surface area contributed by atoms with E-state index in [0.29, 0.717) is 0 Å². The summed E-state index contributed by atoms with van der Waals surface area (Å²) < 4.78 is 3.10. The summed E-state index contributed by atoms with van der Waals surface area (Å²) in [5.41, 5.74) is 3.44. The van der Waals surface area contributed by atoms with E-state index in [-0.39, 0.29) is 0 Å². The highest BCUT2D eigenvalue weighted by Gasteiger charge is 2.12. The third kappa shape index (κ3) is 5.16. The Morgan fingerprint density at radius 3 is 2.46 bits per heavy atom. The van der Waals surface area contributed by atoms with Gasteiger partial charge in [-0.2, -0.15) is 0 Å². The molecule has 0 saturated carbocycles. The third-order valence-corrected chi connectivity index (χ3v) is 5.89.